The van der Waals surface area contributed by atoms with Gasteiger partial charge in [0.1, 0.15) is 18.1 Å². The maximum atomic E-state index is 6.23. The number of nitrogens with two attached hydrogens (primary N) is 1. The summed E-state index contributed by atoms with van der Waals surface area (Å²) in [5.41, 5.74) is 8.99. The molecule has 0 aliphatic rings. The zero-order valence-corrected chi connectivity index (χ0v) is 13.3. The van der Waals surface area contributed by atoms with Gasteiger partial charge < -0.3 is 15.2 Å². The van der Waals surface area contributed by atoms with Crippen molar-refractivity contribution in [2.24, 2.45) is 5.73 Å². The molecule has 112 valence electrons. The third kappa shape index (κ3) is 3.90. The largest absolute Gasteiger partial charge is 0.497 e. The van der Waals surface area contributed by atoms with Crippen molar-refractivity contribution < 1.29 is 9.47 Å². The summed E-state index contributed by atoms with van der Waals surface area (Å²) in [6.07, 6.45) is 0. The number of aryl methyl sites for hydroxylation is 1. The fourth-order valence-corrected chi connectivity index (χ4v) is 2.36. The van der Waals surface area contributed by atoms with E-state index in [1.807, 2.05) is 50.2 Å². The molecule has 21 heavy (non-hydrogen) atoms. The monoisotopic (exact) mass is 305 g/mol. The number of ether oxygens (including phenoxy) is 2. The van der Waals surface area contributed by atoms with Crippen LogP contribution in [-0.4, -0.2) is 7.11 Å². The standard InChI is InChI=1S/C17H20ClNO2/c1-11-4-5-13(16(18)8-11)10-21-17-9-14(20-3)6-7-15(17)12(2)19/h4-9,12H,10,19H2,1-3H3. The van der Waals surface area contributed by atoms with Crippen molar-refractivity contribution in [1.82, 2.24) is 0 Å². The minimum Gasteiger partial charge on any atom is -0.497 e. The summed E-state index contributed by atoms with van der Waals surface area (Å²) in [6, 6.07) is 11.5. The third-order valence-electron chi connectivity index (χ3n) is 3.30. The highest BCUT2D eigenvalue weighted by Gasteiger charge is 2.11. The van der Waals surface area contributed by atoms with Gasteiger partial charge in [-0.15, -0.1) is 0 Å². The number of rotatable bonds is 5. The Kier molecular flexibility index (Phi) is 5.10. The van der Waals surface area contributed by atoms with Crippen molar-refractivity contribution in [3.05, 3.63) is 58.1 Å². The van der Waals surface area contributed by atoms with E-state index in [4.69, 9.17) is 26.8 Å². The zero-order valence-electron chi connectivity index (χ0n) is 12.5. The lowest BCUT2D eigenvalue weighted by Gasteiger charge is -2.16. The average molecular weight is 306 g/mol. The van der Waals surface area contributed by atoms with Crippen LogP contribution in [0.1, 0.15) is 29.7 Å². The Morgan fingerprint density at radius 2 is 1.95 bits per heavy atom. The highest BCUT2D eigenvalue weighted by Crippen LogP contribution is 2.30. The molecule has 3 nitrogen and oxygen atoms in total. The van der Waals surface area contributed by atoms with E-state index in [1.165, 1.54) is 0 Å². The van der Waals surface area contributed by atoms with Crippen molar-refractivity contribution in [2.45, 2.75) is 26.5 Å². The van der Waals surface area contributed by atoms with Crippen molar-refractivity contribution in [3.63, 3.8) is 0 Å². The van der Waals surface area contributed by atoms with Crippen molar-refractivity contribution in [1.29, 1.82) is 0 Å². The first-order valence-electron chi connectivity index (χ1n) is 6.82. The van der Waals surface area contributed by atoms with E-state index < -0.39 is 0 Å². The van der Waals surface area contributed by atoms with Gasteiger partial charge in [0.25, 0.3) is 0 Å². The zero-order chi connectivity index (χ0) is 15.4. The molecule has 0 fully saturated rings. The Labute approximate surface area is 130 Å². The van der Waals surface area contributed by atoms with Crippen molar-refractivity contribution in [3.8, 4) is 11.5 Å². The van der Waals surface area contributed by atoms with E-state index in [1.54, 1.807) is 7.11 Å². The topological polar surface area (TPSA) is 44.5 Å². The summed E-state index contributed by atoms with van der Waals surface area (Å²) in [4.78, 5) is 0. The second-order valence-corrected chi connectivity index (χ2v) is 5.48. The first-order valence-corrected chi connectivity index (χ1v) is 7.20. The highest BCUT2D eigenvalue weighted by molar-refractivity contribution is 6.31. The molecular formula is C17H20ClNO2. The van der Waals surface area contributed by atoms with Gasteiger partial charge in [-0.3, -0.25) is 0 Å². The quantitative estimate of drug-likeness (QED) is 0.898. The third-order valence-corrected chi connectivity index (χ3v) is 3.65. The van der Waals surface area contributed by atoms with Gasteiger partial charge in [-0.1, -0.05) is 29.8 Å². The van der Waals surface area contributed by atoms with E-state index in [0.717, 1.165) is 28.2 Å². The van der Waals surface area contributed by atoms with Crippen LogP contribution in [0.5, 0.6) is 11.5 Å². The van der Waals surface area contributed by atoms with Gasteiger partial charge in [-0.2, -0.15) is 0 Å². The van der Waals surface area contributed by atoms with Crippen LogP contribution >= 0.6 is 11.6 Å². The fraction of sp³-hybridized carbons (Fsp3) is 0.294. The molecular weight excluding hydrogens is 286 g/mol. The van der Waals surface area contributed by atoms with Crippen molar-refractivity contribution in [2.75, 3.05) is 7.11 Å². The molecule has 0 heterocycles. The number of benzene rings is 2. The predicted molar refractivity (Wildman–Crippen MR) is 86.1 cm³/mol. The molecule has 2 N–H and O–H groups in total. The maximum Gasteiger partial charge on any atom is 0.128 e. The molecule has 0 amide bonds. The van der Waals surface area contributed by atoms with Crippen LogP contribution in [0.15, 0.2) is 36.4 Å². The van der Waals surface area contributed by atoms with Crippen LogP contribution in [0.2, 0.25) is 5.02 Å². The van der Waals surface area contributed by atoms with Crippen LogP contribution in [-0.2, 0) is 6.61 Å². The first kappa shape index (κ1) is 15.7. The molecule has 2 rings (SSSR count). The average Bonchev–Trinajstić information content (AvgIpc) is 2.45. The second kappa shape index (κ2) is 6.83. The van der Waals surface area contributed by atoms with E-state index in [0.29, 0.717) is 11.6 Å². The second-order valence-electron chi connectivity index (χ2n) is 5.08. The molecule has 0 aliphatic heterocycles. The number of methoxy groups -OCH3 is 1. The Morgan fingerprint density at radius 1 is 1.19 bits per heavy atom. The summed E-state index contributed by atoms with van der Waals surface area (Å²) >= 11 is 6.23. The summed E-state index contributed by atoms with van der Waals surface area (Å²) < 4.78 is 11.1. The fourth-order valence-electron chi connectivity index (χ4n) is 2.07. The van der Waals surface area contributed by atoms with E-state index in [-0.39, 0.29) is 6.04 Å². The Bertz CT molecular complexity index is 626. The molecule has 0 saturated heterocycles. The minimum atomic E-state index is -0.112. The van der Waals surface area contributed by atoms with E-state index >= 15 is 0 Å². The molecule has 0 spiro atoms. The normalized spacial score (nSPS) is 12.0. The van der Waals surface area contributed by atoms with Crippen LogP contribution in [0.25, 0.3) is 0 Å². The number of hydrogen-bond donors (Lipinski definition) is 1. The van der Waals surface area contributed by atoms with Crippen LogP contribution in [0.3, 0.4) is 0 Å². The van der Waals surface area contributed by atoms with E-state index in [9.17, 15) is 0 Å². The number of halogens is 1. The van der Waals surface area contributed by atoms with Crippen molar-refractivity contribution >= 4 is 11.6 Å². The summed E-state index contributed by atoms with van der Waals surface area (Å²) in [5.74, 6) is 1.46. The molecule has 0 saturated carbocycles. The van der Waals surface area contributed by atoms with Crippen LogP contribution in [0, 0.1) is 6.92 Å². The molecule has 0 aromatic heterocycles. The SMILES string of the molecule is COc1ccc(C(C)N)c(OCc2ccc(C)cc2Cl)c1. The minimum absolute atomic E-state index is 0.112. The lowest BCUT2D eigenvalue weighted by Crippen LogP contribution is -2.08. The van der Waals surface area contributed by atoms with Gasteiger partial charge in [-0.05, 0) is 31.5 Å². The van der Waals surface area contributed by atoms with E-state index in [2.05, 4.69) is 0 Å². The maximum absolute atomic E-state index is 6.23. The molecule has 2 aromatic carbocycles. The molecule has 1 unspecified atom stereocenters. The molecule has 0 bridgehead atoms. The first-order chi connectivity index (χ1) is 10.0. The van der Waals surface area contributed by atoms with Crippen LogP contribution in [0.4, 0.5) is 0 Å². The van der Waals surface area contributed by atoms with Gasteiger partial charge in [0.05, 0.1) is 7.11 Å². The highest BCUT2D eigenvalue weighted by atomic mass is 35.5. The van der Waals surface area contributed by atoms with Gasteiger partial charge >= 0.3 is 0 Å². The Morgan fingerprint density at radius 3 is 2.57 bits per heavy atom. The summed E-state index contributed by atoms with van der Waals surface area (Å²) in [7, 11) is 1.63. The summed E-state index contributed by atoms with van der Waals surface area (Å²) in [6.45, 7) is 4.33. The van der Waals surface area contributed by atoms with Gasteiger partial charge in [0, 0.05) is 28.3 Å². The Hall–Kier alpha value is -1.71. The smallest absolute Gasteiger partial charge is 0.128 e. The number of hydrogen-bond acceptors (Lipinski definition) is 3. The molecule has 2 aromatic rings. The Balaban J connectivity index is 2.22. The lowest BCUT2D eigenvalue weighted by atomic mass is 10.1. The van der Waals surface area contributed by atoms with Gasteiger partial charge in [-0.25, -0.2) is 0 Å². The molecule has 4 heteroatoms. The molecule has 0 aliphatic carbocycles. The lowest BCUT2D eigenvalue weighted by molar-refractivity contribution is 0.299. The molecule has 0 radical (unpaired) electrons. The predicted octanol–water partition coefficient (Wildman–Crippen LogP) is 4.26. The summed E-state index contributed by atoms with van der Waals surface area (Å²) in [5, 5.41) is 0.709. The van der Waals surface area contributed by atoms with Gasteiger partial charge in [0.2, 0.25) is 0 Å². The van der Waals surface area contributed by atoms with Crippen LogP contribution < -0.4 is 15.2 Å². The van der Waals surface area contributed by atoms with Gasteiger partial charge in [0.15, 0.2) is 0 Å². The molecule has 1 atom stereocenters.